The van der Waals surface area contributed by atoms with Gasteiger partial charge in [-0.3, -0.25) is 5.10 Å². The van der Waals surface area contributed by atoms with Crippen molar-refractivity contribution in [2.24, 2.45) is 0 Å². The third-order valence-corrected chi connectivity index (χ3v) is 5.78. The minimum absolute atomic E-state index is 0.736. The van der Waals surface area contributed by atoms with E-state index in [1.807, 2.05) is 6.07 Å². The highest BCUT2D eigenvalue weighted by Crippen LogP contribution is 2.46. The van der Waals surface area contributed by atoms with Crippen LogP contribution >= 0.6 is 15.9 Å². The zero-order valence-corrected chi connectivity index (χ0v) is 16.2. The Kier molecular flexibility index (Phi) is 3.50. The Bertz CT molecular complexity index is 1030. The molecule has 2 aromatic carbocycles. The van der Waals surface area contributed by atoms with E-state index in [4.69, 9.17) is 9.47 Å². The lowest BCUT2D eigenvalue weighted by molar-refractivity contribution is 0.355. The summed E-state index contributed by atoms with van der Waals surface area (Å²) in [7, 11) is 3.33. The molecular formula is C20H18BrN3O2. The number of hydrogen-bond acceptors (Lipinski definition) is 4. The van der Waals surface area contributed by atoms with E-state index in [1.165, 1.54) is 22.4 Å². The Labute approximate surface area is 160 Å². The number of aromatic amines is 1. The molecule has 0 bridgehead atoms. The number of benzene rings is 2. The molecule has 0 spiro atoms. The van der Waals surface area contributed by atoms with Gasteiger partial charge in [-0.1, -0.05) is 15.9 Å². The highest BCUT2D eigenvalue weighted by atomic mass is 79.9. The fourth-order valence-corrected chi connectivity index (χ4v) is 4.46. The first-order valence-corrected chi connectivity index (χ1v) is 9.37. The van der Waals surface area contributed by atoms with E-state index in [0.29, 0.717) is 0 Å². The van der Waals surface area contributed by atoms with Crippen LogP contribution in [-0.2, 0) is 12.8 Å². The van der Waals surface area contributed by atoms with Gasteiger partial charge in [0.15, 0.2) is 11.5 Å². The molecule has 1 aromatic heterocycles. The summed E-state index contributed by atoms with van der Waals surface area (Å²) in [4.78, 5) is 2.34. The lowest BCUT2D eigenvalue weighted by atomic mass is 10.1. The van der Waals surface area contributed by atoms with Gasteiger partial charge in [-0.2, -0.15) is 5.10 Å². The first-order chi connectivity index (χ1) is 12.7. The molecule has 6 heteroatoms. The van der Waals surface area contributed by atoms with Crippen molar-refractivity contribution in [3.63, 3.8) is 0 Å². The average Bonchev–Trinajstić information content (AvgIpc) is 3.32. The smallest absolute Gasteiger partial charge is 0.161 e. The van der Waals surface area contributed by atoms with Crippen LogP contribution in [0.1, 0.15) is 16.7 Å². The van der Waals surface area contributed by atoms with Gasteiger partial charge >= 0.3 is 0 Å². The summed E-state index contributed by atoms with van der Waals surface area (Å²) in [6.07, 6.45) is 1.89. The second kappa shape index (κ2) is 5.77. The number of halogens is 1. The molecule has 5 rings (SSSR count). The van der Waals surface area contributed by atoms with Crippen molar-refractivity contribution in [1.29, 1.82) is 0 Å². The molecule has 1 aliphatic heterocycles. The molecule has 132 valence electrons. The van der Waals surface area contributed by atoms with Crippen LogP contribution in [0, 0.1) is 0 Å². The number of rotatable bonds is 3. The number of hydrogen-bond donors (Lipinski definition) is 1. The van der Waals surface area contributed by atoms with Crippen molar-refractivity contribution in [2.45, 2.75) is 12.8 Å². The Hall–Kier alpha value is -2.47. The fourth-order valence-electron chi connectivity index (χ4n) is 4.05. The Balaban J connectivity index is 1.58. The molecule has 1 N–H and O–H groups in total. The number of nitrogens with one attached hydrogen (secondary N) is 1. The predicted molar refractivity (Wildman–Crippen MR) is 105 cm³/mol. The van der Waals surface area contributed by atoms with Crippen LogP contribution in [0.2, 0.25) is 0 Å². The maximum Gasteiger partial charge on any atom is 0.161 e. The van der Waals surface area contributed by atoms with Gasteiger partial charge in [0.25, 0.3) is 0 Å². The van der Waals surface area contributed by atoms with E-state index in [1.54, 1.807) is 14.2 Å². The number of ether oxygens (including phenoxy) is 2. The molecule has 0 fully saturated rings. The Morgan fingerprint density at radius 2 is 1.88 bits per heavy atom. The standard InChI is InChI=1S/C20H18BrN3O2/c1-25-17-9-12-8-15-19(14(12)10-18(17)26-2)22-23-20(15)24-6-5-11-7-13(21)3-4-16(11)24/h3-4,7,9-10H,5-6,8H2,1-2H3,(H,22,23). The van der Waals surface area contributed by atoms with Gasteiger partial charge in [0.2, 0.25) is 0 Å². The molecule has 3 aromatic rings. The molecule has 2 heterocycles. The number of methoxy groups -OCH3 is 2. The summed E-state index contributed by atoms with van der Waals surface area (Å²) < 4.78 is 12.0. The van der Waals surface area contributed by atoms with Crippen molar-refractivity contribution in [3.05, 3.63) is 51.5 Å². The summed E-state index contributed by atoms with van der Waals surface area (Å²) >= 11 is 3.57. The van der Waals surface area contributed by atoms with Crippen molar-refractivity contribution in [1.82, 2.24) is 10.2 Å². The van der Waals surface area contributed by atoms with Crippen LogP contribution < -0.4 is 14.4 Å². The van der Waals surface area contributed by atoms with Crippen molar-refractivity contribution in [3.8, 4) is 22.8 Å². The number of fused-ring (bicyclic) bond motifs is 4. The van der Waals surface area contributed by atoms with Crippen LogP contribution in [0.15, 0.2) is 34.8 Å². The fraction of sp³-hybridized carbons (Fsp3) is 0.250. The minimum Gasteiger partial charge on any atom is -0.493 e. The molecular weight excluding hydrogens is 394 g/mol. The second-order valence-corrected chi connectivity index (χ2v) is 7.53. The molecule has 0 radical (unpaired) electrons. The molecule has 0 saturated heterocycles. The monoisotopic (exact) mass is 411 g/mol. The van der Waals surface area contributed by atoms with Gasteiger partial charge in [-0.15, -0.1) is 0 Å². The third-order valence-electron chi connectivity index (χ3n) is 5.28. The van der Waals surface area contributed by atoms with Gasteiger partial charge < -0.3 is 14.4 Å². The van der Waals surface area contributed by atoms with Crippen LogP contribution in [0.4, 0.5) is 11.5 Å². The van der Waals surface area contributed by atoms with E-state index in [9.17, 15) is 0 Å². The molecule has 2 aliphatic rings. The SMILES string of the molecule is COc1cc2c(cc1OC)-c1n[nH]c(N3CCc4cc(Br)ccc43)c1C2. The molecule has 0 atom stereocenters. The zero-order valence-electron chi connectivity index (χ0n) is 14.6. The van der Waals surface area contributed by atoms with E-state index in [2.05, 4.69) is 55.3 Å². The predicted octanol–water partition coefficient (Wildman–Crippen LogP) is 4.45. The molecule has 0 saturated carbocycles. The quantitative estimate of drug-likeness (QED) is 0.540. The number of anilines is 2. The first-order valence-electron chi connectivity index (χ1n) is 8.58. The molecule has 1 aliphatic carbocycles. The lowest BCUT2D eigenvalue weighted by Crippen LogP contribution is -2.15. The second-order valence-electron chi connectivity index (χ2n) is 6.62. The number of H-pyrrole nitrogens is 1. The topological polar surface area (TPSA) is 50.4 Å². The molecule has 26 heavy (non-hydrogen) atoms. The molecule has 0 unspecified atom stereocenters. The molecule has 5 nitrogen and oxygen atoms in total. The van der Waals surface area contributed by atoms with E-state index in [0.717, 1.165) is 52.4 Å². The van der Waals surface area contributed by atoms with Crippen LogP contribution in [0.25, 0.3) is 11.3 Å². The Morgan fingerprint density at radius 3 is 2.69 bits per heavy atom. The lowest BCUT2D eigenvalue weighted by Gasteiger charge is -2.18. The largest absolute Gasteiger partial charge is 0.493 e. The summed E-state index contributed by atoms with van der Waals surface area (Å²) in [5, 5.41) is 7.90. The van der Waals surface area contributed by atoms with Gasteiger partial charge in [0, 0.05) is 34.3 Å². The van der Waals surface area contributed by atoms with Crippen LogP contribution in [-0.4, -0.2) is 31.0 Å². The number of aromatic nitrogens is 2. The first kappa shape index (κ1) is 15.8. The Morgan fingerprint density at radius 1 is 1.08 bits per heavy atom. The summed E-state index contributed by atoms with van der Waals surface area (Å²) in [6, 6.07) is 10.6. The van der Waals surface area contributed by atoms with Gasteiger partial charge in [-0.05, 0) is 47.9 Å². The average molecular weight is 412 g/mol. The van der Waals surface area contributed by atoms with E-state index >= 15 is 0 Å². The minimum atomic E-state index is 0.736. The van der Waals surface area contributed by atoms with Gasteiger partial charge in [-0.25, -0.2) is 0 Å². The van der Waals surface area contributed by atoms with Crippen molar-refractivity contribution >= 4 is 27.4 Å². The maximum atomic E-state index is 5.46. The summed E-state index contributed by atoms with van der Waals surface area (Å²) in [5.41, 5.74) is 7.22. The van der Waals surface area contributed by atoms with E-state index < -0.39 is 0 Å². The molecule has 0 amide bonds. The highest BCUT2D eigenvalue weighted by Gasteiger charge is 2.31. The van der Waals surface area contributed by atoms with Crippen molar-refractivity contribution in [2.75, 3.05) is 25.7 Å². The highest BCUT2D eigenvalue weighted by molar-refractivity contribution is 9.10. The summed E-state index contributed by atoms with van der Waals surface area (Å²) in [6.45, 7) is 0.962. The third kappa shape index (κ3) is 2.18. The van der Waals surface area contributed by atoms with Gasteiger partial charge in [0.05, 0.1) is 19.9 Å². The van der Waals surface area contributed by atoms with Crippen molar-refractivity contribution < 1.29 is 9.47 Å². The number of nitrogens with zero attached hydrogens (tertiary/aromatic N) is 2. The van der Waals surface area contributed by atoms with Gasteiger partial charge in [0.1, 0.15) is 5.82 Å². The summed E-state index contributed by atoms with van der Waals surface area (Å²) in [5.74, 6) is 2.59. The van der Waals surface area contributed by atoms with E-state index in [-0.39, 0.29) is 0 Å². The normalized spacial score (nSPS) is 14.2. The van der Waals surface area contributed by atoms with Crippen LogP contribution in [0.5, 0.6) is 11.5 Å². The van der Waals surface area contributed by atoms with Crippen LogP contribution in [0.3, 0.4) is 0 Å². The maximum absolute atomic E-state index is 5.46. The zero-order chi connectivity index (χ0) is 17.8.